The van der Waals surface area contributed by atoms with E-state index < -0.39 is 0 Å². The third-order valence-corrected chi connectivity index (χ3v) is 2.49. The van der Waals surface area contributed by atoms with Gasteiger partial charge in [-0.05, 0) is 12.8 Å². The van der Waals surface area contributed by atoms with Crippen molar-refractivity contribution in [2.45, 2.75) is 25.7 Å². The lowest BCUT2D eigenvalue weighted by Crippen LogP contribution is -2.19. The van der Waals surface area contributed by atoms with Gasteiger partial charge in [-0.1, -0.05) is 12.8 Å². The summed E-state index contributed by atoms with van der Waals surface area (Å²) in [7, 11) is 0. The summed E-state index contributed by atoms with van der Waals surface area (Å²) in [6.45, 7) is 0. The minimum Gasteiger partial charge on any atom is -0.323 e. The molecule has 1 aliphatic carbocycles. The number of H-pyrrole nitrogens is 1. The monoisotopic (exact) mass is 179 g/mol. The van der Waals surface area contributed by atoms with Gasteiger partial charge in [0.25, 0.3) is 0 Å². The third-order valence-electron chi connectivity index (χ3n) is 2.49. The normalized spacial score (nSPS) is 17.5. The van der Waals surface area contributed by atoms with Crippen LogP contribution in [0.2, 0.25) is 0 Å². The van der Waals surface area contributed by atoms with Gasteiger partial charge in [0.05, 0.1) is 11.9 Å². The number of nitrogens with one attached hydrogen (secondary N) is 2. The van der Waals surface area contributed by atoms with Crippen molar-refractivity contribution < 1.29 is 4.79 Å². The van der Waals surface area contributed by atoms with Crippen LogP contribution in [0.15, 0.2) is 12.4 Å². The number of carbonyl (C=O) groups excluding carboxylic acids is 1. The molecule has 13 heavy (non-hydrogen) atoms. The van der Waals surface area contributed by atoms with Crippen LogP contribution in [0.5, 0.6) is 0 Å². The number of amides is 1. The highest BCUT2D eigenvalue weighted by molar-refractivity contribution is 5.92. The maximum Gasteiger partial charge on any atom is 0.227 e. The molecule has 1 heterocycles. The number of rotatable bonds is 2. The van der Waals surface area contributed by atoms with Crippen LogP contribution in [0.4, 0.5) is 5.69 Å². The molecule has 0 aromatic carbocycles. The highest BCUT2D eigenvalue weighted by atomic mass is 16.1. The largest absolute Gasteiger partial charge is 0.323 e. The summed E-state index contributed by atoms with van der Waals surface area (Å²) in [4.78, 5) is 11.6. The smallest absolute Gasteiger partial charge is 0.227 e. The van der Waals surface area contributed by atoms with E-state index in [0.717, 1.165) is 18.5 Å². The van der Waals surface area contributed by atoms with E-state index in [4.69, 9.17) is 0 Å². The molecule has 0 saturated heterocycles. The molecule has 0 radical (unpaired) electrons. The quantitative estimate of drug-likeness (QED) is 0.723. The molecule has 0 spiro atoms. The van der Waals surface area contributed by atoms with Gasteiger partial charge in [-0.15, -0.1) is 0 Å². The molecule has 0 unspecified atom stereocenters. The topological polar surface area (TPSA) is 57.8 Å². The molecule has 1 fully saturated rings. The number of anilines is 1. The van der Waals surface area contributed by atoms with E-state index in [2.05, 4.69) is 15.5 Å². The van der Waals surface area contributed by atoms with Gasteiger partial charge >= 0.3 is 0 Å². The second kappa shape index (κ2) is 3.60. The molecule has 2 N–H and O–H groups in total. The van der Waals surface area contributed by atoms with Crippen LogP contribution in [-0.2, 0) is 4.79 Å². The molecule has 0 aliphatic heterocycles. The zero-order valence-corrected chi connectivity index (χ0v) is 7.42. The van der Waals surface area contributed by atoms with Crippen LogP contribution in [0.25, 0.3) is 0 Å². The maximum atomic E-state index is 11.6. The van der Waals surface area contributed by atoms with E-state index in [1.807, 2.05) is 0 Å². The van der Waals surface area contributed by atoms with E-state index >= 15 is 0 Å². The van der Waals surface area contributed by atoms with Gasteiger partial charge in [0, 0.05) is 12.1 Å². The number of nitrogens with zero attached hydrogens (tertiary/aromatic N) is 1. The molecule has 4 nitrogen and oxygen atoms in total. The second-order valence-electron chi connectivity index (χ2n) is 3.46. The lowest BCUT2D eigenvalue weighted by atomic mass is 10.1. The Morgan fingerprint density at radius 3 is 2.92 bits per heavy atom. The highest BCUT2D eigenvalue weighted by Gasteiger charge is 2.22. The van der Waals surface area contributed by atoms with Crippen molar-refractivity contribution in [2.24, 2.45) is 5.92 Å². The zero-order valence-electron chi connectivity index (χ0n) is 7.42. The molecule has 70 valence electrons. The fraction of sp³-hybridized carbons (Fsp3) is 0.556. The first-order valence-corrected chi connectivity index (χ1v) is 4.66. The molecular weight excluding hydrogens is 166 g/mol. The summed E-state index contributed by atoms with van der Waals surface area (Å²) in [6, 6.07) is 0. The molecule has 0 bridgehead atoms. The molecule has 0 atom stereocenters. The first-order valence-electron chi connectivity index (χ1n) is 4.66. The van der Waals surface area contributed by atoms with Crippen molar-refractivity contribution in [3.05, 3.63) is 12.4 Å². The predicted molar refractivity (Wildman–Crippen MR) is 49.2 cm³/mol. The second-order valence-corrected chi connectivity index (χ2v) is 3.46. The fourth-order valence-corrected chi connectivity index (χ4v) is 1.75. The standard InChI is InChI=1S/C9H13N3O/c13-9(7-3-1-2-4-7)12-8-5-10-11-6-8/h5-7H,1-4H2,(H,10,11)(H,12,13). The van der Waals surface area contributed by atoms with Crippen molar-refractivity contribution >= 4 is 11.6 Å². The summed E-state index contributed by atoms with van der Waals surface area (Å²) in [5.74, 6) is 0.355. The van der Waals surface area contributed by atoms with Crippen LogP contribution in [-0.4, -0.2) is 16.1 Å². The van der Waals surface area contributed by atoms with Crippen LogP contribution in [0.3, 0.4) is 0 Å². The first kappa shape index (κ1) is 8.29. The molecule has 2 rings (SSSR count). The molecule has 1 saturated carbocycles. The van der Waals surface area contributed by atoms with E-state index in [1.165, 1.54) is 12.8 Å². The summed E-state index contributed by atoms with van der Waals surface area (Å²) < 4.78 is 0. The van der Waals surface area contributed by atoms with Crippen LogP contribution in [0.1, 0.15) is 25.7 Å². The van der Waals surface area contributed by atoms with Crippen molar-refractivity contribution in [2.75, 3.05) is 5.32 Å². The molecular formula is C9H13N3O. The molecule has 1 aromatic rings. The molecule has 4 heteroatoms. The van der Waals surface area contributed by atoms with Gasteiger partial charge < -0.3 is 5.32 Å². The van der Waals surface area contributed by atoms with E-state index in [9.17, 15) is 4.79 Å². The lowest BCUT2D eigenvalue weighted by molar-refractivity contribution is -0.119. The van der Waals surface area contributed by atoms with Crippen LogP contribution >= 0.6 is 0 Å². The Balaban J connectivity index is 1.91. The van der Waals surface area contributed by atoms with Gasteiger partial charge in [0.1, 0.15) is 0 Å². The van der Waals surface area contributed by atoms with Gasteiger partial charge in [0.2, 0.25) is 5.91 Å². The van der Waals surface area contributed by atoms with Gasteiger partial charge in [-0.25, -0.2) is 0 Å². The van der Waals surface area contributed by atoms with Crippen LogP contribution in [0, 0.1) is 5.92 Å². The van der Waals surface area contributed by atoms with Crippen LogP contribution < -0.4 is 5.32 Å². The Kier molecular flexibility index (Phi) is 2.29. The van der Waals surface area contributed by atoms with Crippen molar-refractivity contribution in [1.82, 2.24) is 10.2 Å². The van der Waals surface area contributed by atoms with Crippen molar-refractivity contribution in [3.63, 3.8) is 0 Å². The Hall–Kier alpha value is -1.32. The highest BCUT2D eigenvalue weighted by Crippen LogP contribution is 2.25. The molecule has 1 amide bonds. The Bertz CT molecular complexity index is 275. The van der Waals surface area contributed by atoms with Gasteiger partial charge in [0.15, 0.2) is 0 Å². The first-order chi connectivity index (χ1) is 6.36. The van der Waals surface area contributed by atoms with E-state index in [1.54, 1.807) is 12.4 Å². The number of carbonyl (C=O) groups is 1. The fourth-order valence-electron chi connectivity index (χ4n) is 1.75. The van der Waals surface area contributed by atoms with Crippen molar-refractivity contribution in [1.29, 1.82) is 0 Å². The Morgan fingerprint density at radius 2 is 2.31 bits per heavy atom. The zero-order chi connectivity index (χ0) is 9.10. The maximum absolute atomic E-state index is 11.6. The summed E-state index contributed by atoms with van der Waals surface area (Å²) in [6.07, 6.45) is 7.74. The number of hydrogen-bond acceptors (Lipinski definition) is 2. The van der Waals surface area contributed by atoms with Crippen molar-refractivity contribution in [3.8, 4) is 0 Å². The van der Waals surface area contributed by atoms with Gasteiger partial charge in [-0.3, -0.25) is 9.89 Å². The minimum atomic E-state index is 0.138. The Morgan fingerprint density at radius 1 is 1.54 bits per heavy atom. The molecule has 1 aliphatic rings. The summed E-state index contributed by atoms with van der Waals surface area (Å²) in [5.41, 5.74) is 0.761. The summed E-state index contributed by atoms with van der Waals surface area (Å²) >= 11 is 0. The minimum absolute atomic E-state index is 0.138. The lowest BCUT2D eigenvalue weighted by Gasteiger charge is -2.07. The van der Waals surface area contributed by atoms with E-state index in [0.29, 0.717) is 0 Å². The molecule has 1 aromatic heterocycles. The van der Waals surface area contributed by atoms with E-state index in [-0.39, 0.29) is 11.8 Å². The third kappa shape index (κ3) is 1.88. The summed E-state index contributed by atoms with van der Waals surface area (Å²) in [5, 5.41) is 9.25. The number of hydrogen-bond donors (Lipinski definition) is 2. The van der Waals surface area contributed by atoms with Gasteiger partial charge in [-0.2, -0.15) is 5.10 Å². The number of aromatic amines is 1. The predicted octanol–water partition coefficient (Wildman–Crippen LogP) is 1.54. The average Bonchev–Trinajstić information content (AvgIpc) is 2.74. The Labute approximate surface area is 76.7 Å². The average molecular weight is 179 g/mol. The SMILES string of the molecule is O=C(Nc1cn[nH]c1)C1CCCC1. The number of aromatic nitrogens is 2.